The number of amides is 1. The lowest BCUT2D eigenvalue weighted by Gasteiger charge is -2.23. The van der Waals surface area contributed by atoms with Crippen LogP contribution in [0.3, 0.4) is 0 Å². The number of hydrogen-bond acceptors (Lipinski definition) is 2. The molecule has 0 bridgehead atoms. The Balaban J connectivity index is 1.62. The van der Waals surface area contributed by atoms with Crippen molar-refractivity contribution in [2.24, 2.45) is 0 Å². The van der Waals surface area contributed by atoms with Gasteiger partial charge in [0, 0.05) is 12.0 Å². The average Bonchev–Trinajstić information content (AvgIpc) is 3.12. The monoisotopic (exact) mass is 377 g/mol. The Morgan fingerprint density at radius 1 is 1.11 bits per heavy atom. The van der Waals surface area contributed by atoms with Gasteiger partial charge in [0.15, 0.2) is 0 Å². The van der Waals surface area contributed by atoms with Crippen LogP contribution in [0.15, 0.2) is 72.8 Å². The summed E-state index contributed by atoms with van der Waals surface area (Å²) in [5, 5.41) is 11.9. The maximum absolute atomic E-state index is 13.7. The van der Waals surface area contributed by atoms with Gasteiger partial charge in [-0.15, -0.1) is 0 Å². The molecule has 0 saturated carbocycles. The van der Waals surface area contributed by atoms with E-state index < -0.39 is 12.1 Å². The smallest absolute Gasteiger partial charge is 0.405 e. The molecule has 3 aromatic carbocycles. The van der Waals surface area contributed by atoms with Gasteiger partial charge in [-0.2, -0.15) is 0 Å². The topological polar surface area (TPSA) is 58.6 Å². The van der Waals surface area contributed by atoms with E-state index in [2.05, 4.69) is 5.32 Å². The minimum atomic E-state index is -1.08. The normalized spacial score (nSPS) is 16.1. The standard InChI is InChI=1S/C23H20FNO3/c24-18-10-4-8-16(13-18)19-11-5-9-17-14-21(28-22(17)19)20(25-23(26)27)12-15-6-2-1-3-7-15/h1-11,13,20-21,25H,12,14H2,(H,26,27). The summed E-state index contributed by atoms with van der Waals surface area (Å²) in [5.41, 5.74) is 3.58. The van der Waals surface area contributed by atoms with E-state index >= 15 is 0 Å². The molecule has 1 amide bonds. The molecule has 0 saturated heterocycles. The molecule has 0 aromatic heterocycles. The van der Waals surface area contributed by atoms with E-state index in [1.165, 1.54) is 12.1 Å². The SMILES string of the molecule is O=C(O)NC(Cc1ccccc1)C1Cc2cccc(-c3cccc(F)c3)c2O1. The van der Waals surface area contributed by atoms with Crippen LogP contribution in [0, 0.1) is 5.82 Å². The second-order valence-corrected chi connectivity index (χ2v) is 6.91. The Bertz CT molecular complexity index is 990. The Hall–Kier alpha value is -3.34. The molecule has 4 nitrogen and oxygen atoms in total. The van der Waals surface area contributed by atoms with Gasteiger partial charge >= 0.3 is 6.09 Å². The van der Waals surface area contributed by atoms with Gasteiger partial charge in [-0.25, -0.2) is 9.18 Å². The van der Waals surface area contributed by atoms with Crippen molar-refractivity contribution in [3.8, 4) is 16.9 Å². The fourth-order valence-corrected chi connectivity index (χ4v) is 3.70. The van der Waals surface area contributed by atoms with Crippen molar-refractivity contribution in [3.63, 3.8) is 0 Å². The van der Waals surface area contributed by atoms with Gasteiger partial charge in [0.25, 0.3) is 0 Å². The molecule has 0 fully saturated rings. The lowest BCUT2D eigenvalue weighted by atomic mass is 9.96. The molecule has 2 N–H and O–H groups in total. The minimum absolute atomic E-state index is 0.306. The summed E-state index contributed by atoms with van der Waals surface area (Å²) >= 11 is 0. The molecule has 0 radical (unpaired) electrons. The van der Waals surface area contributed by atoms with Crippen LogP contribution in [0.25, 0.3) is 11.1 Å². The first-order chi connectivity index (χ1) is 13.6. The molecule has 0 aliphatic carbocycles. The zero-order valence-electron chi connectivity index (χ0n) is 15.1. The number of carbonyl (C=O) groups is 1. The third-order valence-corrected chi connectivity index (χ3v) is 4.98. The van der Waals surface area contributed by atoms with Crippen LogP contribution < -0.4 is 10.1 Å². The van der Waals surface area contributed by atoms with Crippen LogP contribution >= 0.6 is 0 Å². The van der Waals surface area contributed by atoms with E-state index in [-0.39, 0.29) is 11.9 Å². The maximum Gasteiger partial charge on any atom is 0.405 e. The number of para-hydroxylation sites is 1. The van der Waals surface area contributed by atoms with Crippen LogP contribution in [0.4, 0.5) is 9.18 Å². The second-order valence-electron chi connectivity index (χ2n) is 6.91. The summed E-state index contributed by atoms with van der Waals surface area (Å²) in [5.74, 6) is 0.391. The molecular formula is C23H20FNO3. The molecule has 2 unspecified atom stereocenters. The quantitative estimate of drug-likeness (QED) is 0.679. The van der Waals surface area contributed by atoms with Crippen LogP contribution in [-0.2, 0) is 12.8 Å². The van der Waals surface area contributed by atoms with Crippen molar-refractivity contribution >= 4 is 6.09 Å². The zero-order valence-corrected chi connectivity index (χ0v) is 15.1. The third-order valence-electron chi connectivity index (χ3n) is 4.98. The van der Waals surface area contributed by atoms with Crippen molar-refractivity contribution < 1.29 is 19.0 Å². The van der Waals surface area contributed by atoms with Crippen LogP contribution in [-0.4, -0.2) is 23.3 Å². The van der Waals surface area contributed by atoms with Gasteiger partial charge in [-0.05, 0) is 35.2 Å². The fourth-order valence-electron chi connectivity index (χ4n) is 3.70. The second kappa shape index (κ2) is 7.72. The highest BCUT2D eigenvalue weighted by Crippen LogP contribution is 2.39. The lowest BCUT2D eigenvalue weighted by Crippen LogP contribution is -2.46. The van der Waals surface area contributed by atoms with Gasteiger partial charge in [-0.3, -0.25) is 0 Å². The molecule has 28 heavy (non-hydrogen) atoms. The summed E-state index contributed by atoms with van der Waals surface area (Å²) in [7, 11) is 0. The number of hydrogen-bond donors (Lipinski definition) is 2. The summed E-state index contributed by atoms with van der Waals surface area (Å²) in [4.78, 5) is 11.3. The largest absolute Gasteiger partial charge is 0.487 e. The average molecular weight is 377 g/mol. The predicted octanol–water partition coefficient (Wildman–Crippen LogP) is 4.68. The predicted molar refractivity (Wildman–Crippen MR) is 105 cm³/mol. The van der Waals surface area contributed by atoms with Crippen LogP contribution in [0.5, 0.6) is 5.75 Å². The van der Waals surface area contributed by atoms with Crippen molar-refractivity contribution in [1.29, 1.82) is 0 Å². The first-order valence-electron chi connectivity index (χ1n) is 9.18. The highest BCUT2D eigenvalue weighted by Gasteiger charge is 2.33. The molecule has 5 heteroatoms. The summed E-state index contributed by atoms with van der Waals surface area (Å²) < 4.78 is 19.9. The summed E-state index contributed by atoms with van der Waals surface area (Å²) in [6.07, 6.45) is -0.288. The van der Waals surface area contributed by atoms with Crippen molar-refractivity contribution in [1.82, 2.24) is 5.32 Å². The number of rotatable bonds is 5. The van der Waals surface area contributed by atoms with Crippen molar-refractivity contribution in [3.05, 3.63) is 89.7 Å². The van der Waals surface area contributed by atoms with E-state index in [9.17, 15) is 14.3 Å². The van der Waals surface area contributed by atoms with E-state index in [1.807, 2.05) is 54.6 Å². The number of fused-ring (bicyclic) bond motifs is 1. The number of nitrogens with one attached hydrogen (secondary N) is 1. The lowest BCUT2D eigenvalue weighted by molar-refractivity contribution is 0.154. The first-order valence-corrected chi connectivity index (χ1v) is 9.18. The summed E-state index contributed by atoms with van der Waals surface area (Å²) in [6, 6.07) is 21.5. The molecule has 3 aromatic rings. The third kappa shape index (κ3) is 3.83. The Kier molecular flexibility index (Phi) is 4.98. The zero-order chi connectivity index (χ0) is 19.5. The molecular weight excluding hydrogens is 357 g/mol. The Labute approximate surface area is 162 Å². The highest BCUT2D eigenvalue weighted by molar-refractivity contribution is 5.73. The van der Waals surface area contributed by atoms with Crippen LogP contribution in [0.1, 0.15) is 11.1 Å². The molecule has 2 atom stereocenters. The number of benzene rings is 3. The number of halogens is 1. The van der Waals surface area contributed by atoms with Gasteiger partial charge in [0.1, 0.15) is 17.7 Å². The van der Waals surface area contributed by atoms with E-state index in [0.717, 1.165) is 22.3 Å². The van der Waals surface area contributed by atoms with Crippen molar-refractivity contribution in [2.45, 2.75) is 25.0 Å². The molecule has 1 heterocycles. The maximum atomic E-state index is 13.7. The molecule has 142 valence electrons. The van der Waals surface area contributed by atoms with E-state index in [0.29, 0.717) is 18.6 Å². The highest BCUT2D eigenvalue weighted by atomic mass is 19.1. The van der Waals surface area contributed by atoms with E-state index in [1.54, 1.807) is 6.07 Å². The molecule has 4 rings (SSSR count). The molecule has 0 spiro atoms. The Morgan fingerprint density at radius 2 is 1.89 bits per heavy atom. The van der Waals surface area contributed by atoms with Crippen LogP contribution in [0.2, 0.25) is 0 Å². The van der Waals surface area contributed by atoms with Gasteiger partial charge < -0.3 is 15.2 Å². The first kappa shape index (κ1) is 18.0. The van der Waals surface area contributed by atoms with Gasteiger partial charge in [0.2, 0.25) is 0 Å². The fraction of sp³-hybridized carbons (Fsp3) is 0.174. The summed E-state index contributed by atoms with van der Waals surface area (Å²) in [6.45, 7) is 0. The van der Waals surface area contributed by atoms with Crippen molar-refractivity contribution in [2.75, 3.05) is 0 Å². The Morgan fingerprint density at radius 3 is 2.64 bits per heavy atom. The minimum Gasteiger partial charge on any atom is -0.487 e. The molecule has 1 aliphatic rings. The number of ether oxygens (including phenoxy) is 1. The number of carboxylic acid groups (broad SMARTS) is 1. The van der Waals surface area contributed by atoms with E-state index in [4.69, 9.17) is 4.74 Å². The van der Waals surface area contributed by atoms with Gasteiger partial charge in [0.05, 0.1) is 6.04 Å². The van der Waals surface area contributed by atoms with Gasteiger partial charge in [-0.1, -0.05) is 60.7 Å². The molecule has 1 aliphatic heterocycles.